The number of esters is 1. The van der Waals surface area contributed by atoms with Gasteiger partial charge in [-0.3, -0.25) is 4.79 Å². The molecule has 3 aromatic rings. The molecule has 0 spiro atoms. The van der Waals surface area contributed by atoms with Crippen molar-refractivity contribution < 1.29 is 9.53 Å². The highest BCUT2D eigenvalue weighted by atomic mass is 35.5. The van der Waals surface area contributed by atoms with Crippen LogP contribution in [0.15, 0.2) is 41.8 Å². The van der Waals surface area contributed by atoms with Crippen LogP contribution in [0.1, 0.15) is 0 Å². The van der Waals surface area contributed by atoms with Crippen LogP contribution < -0.4 is 0 Å². The van der Waals surface area contributed by atoms with Crippen molar-refractivity contribution in [3.63, 3.8) is 0 Å². The molecule has 0 radical (unpaired) electrons. The number of hydrogen-bond acceptors (Lipinski definition) is 6. The zero-order valence-electron chi connectivity index (χ0n) is 11.6. The number of methoxy groups -OCH3 is 1. The van der Waals surface area contributed by atoms with E-state index in [1.165, 1.54) is 25.2 Å². The number of thioether (sulfide) groups is 1. The Morgan fingerprint density at radius 1 is 1.32 bits per heavy atom. The molecular formula is C14H11ClN4O2S. The van der Waals surface area contributed by atoms with Crippen molar-refractivity contribution >= 4 is 40.4 Å². The van der Waals surface area contributed by atoms with Gasteiger partial charge in [0.05, 0.1) is 30.1 Å². The molecule has 0 saturated carbocycles. The van der Waals surface area contributed by atoms with E-state index in [9.17, 15) is 4.79 Å². The lowest BCUT2D eigenvalue weighted by Gasteiger charge is -2.04. The summed E-state index contributed by atoms with van der Waals surface area (Å²) in [5, 5.41) is 6.48. The number of nitrogens with zero attached hydrogens (tertiary/aromatic N) is 4. The Bertz CT molecular complexity index is 819. The van der Waals surface area contributed by atoms with E-state index >= 15 is 0 Å². The Morgan fingerprint density at radius 2 is 2.09 bits per heavy atom. The van der Waals surface area contributed by atoms with Crippen LogP contribution in [-0.2, 0) is 9.53 Å². The number of benzene rings is 1. The summed E-state index contributed by atoms with van der Waals surface area (Å²) >= 11 is 7.19. The molecule has 2 heterocycles. The van der Waals surface area contributed by atoms with Crippen LogP contribution in [0, 0.1) is 0 Å². The first-order valence-electron chi connectivity index (χ1n) is 6.33. The van der Waals surface area contributed by atoms with Crippen molar-refractivity contribution in [1.29, 1.82) is 0 Å². The van der Waals surface area contributed by atoms with Gasteiger partial charge in [-0.25, -0.2) is 14.6 Å². The summed E-state index contributed by atoms with van der Waals surface area (Å²) in [5.74, 6) is -0.115. The van der Waals surface area contributed by atoms with Gasteiger partial charge in [0.1, 0.15) is 11.4 Å². The van der Waals surface area contributed by atoms with Gasteiger partial charge in [0.2, 0.25) is 0 Å². The first-order valence-corrected chi connectivity index (χ1v) is 7.69. The quantitative estimate of drug-likeness (QED) is 0.415. The molecule has 0 atom stereocenters. The second-order valence-electron chi connectivity index (χ2n) is 4.31. The minimum Gasteiger partial charge on any atom is -0.468 e. The van der Waals surface area contributed by atoms with Gasteiger partial charge in [-0.2, -0.15) is 5.10 Å². The third kappa shape index (κ3) is 2.90. The summed E-state index contributed by atoms with van der Waals surface area (Å²) < 4.78 is 6.34. The Balaban J connectivity index is 1.98. The molecule has 1 aromatic carbocycles. The van der Waals surface area contributed by atoms with Gasteiger partial charge in [-0.1, -0.05) is 23.4 Å². The smallest absolute Gasteiger partial charge is 0.316 e. The molecule has 0 amide bonds. The molecule has 0 aliphatic heterocycles. The van der Waals surface area contributed by atoms with Crippen LogP contribution in [0.3, 0.4) is 0 Å². The summed E-state index contributed by atoms with van der Waals surface area (Å²) in [6, 6.07) is 7.30. The maximum atomic E-state index is 11.3. The van der Waals surface area contributed by atoms with Gasteiger partial charge >= 0.3 is 5.97 Å². The zero-order valence-corrected chi connectivity index (χ0v) is 13.1. The SMILES string of the molecule is COC(=O)CSc1ncnc2c1cnn2-c1ccc(Cl)cc1. The van der Waals surface area contributed by atoms with Gasteiger partial charge < -0.3 is 4.74 Å². The normalized spacial score (nSPS) is 10.8. The average Bonchev–Trinajstić information content (AvgIpc) is 2.98. The van der Waals surface area contributed by atoms with E-state index in [2.05, 4.69) is 19.8 Å². The maximum Gasteiger partial charge on any atom is 0.316 e. The van der Waals surface area contributed by atoms with Crippen molar-refractivity contribution in [2.45, 2.75) is 5.03 Å². The second kappa shape index (κ2) is 6.33. The number of carbonyl (C=O) groups excluding carboxylic acids is 1. The van der Waals surface area contributed by atoms with E-state index in [1.54, 1.807) is 23.0 Å². The number of rotatable bonds is 4. The van der Waals surface area contributed by atoms with Gasteiger partial charge in [-0.05, 0) is 24.3 Å². The molecular weight excluding hydrogens is 324 g/mol. The fourth-order valence-corrected chi connectivity index (χ4v) is 2.81. The topological polar surface area (TPSA) is 69.9 Å². The van der Waals surface area contributed by atoms with E-state index in [0.717, 1.165) is 11.1 Å². The van der Waals surface area contributed by atoms with Crippen LogP contribution in [0.4, 0.5) is 0 Å². The molecule has 0 unspecified atom stereocenters. The van der Waals surface area contributed by atoms with Crippen molar-refractivity contribution in [2.75, 3.05) is 12.9 Å². The van der Waals surface area contributed by atoms with Gasteiger partial charge in [0.25, 0.3) is 0 Å². The third-order valence-electron chi connectivity index (χ3n) is 2.95. The van der Waals surface area contributed by atoms with Crippen LogP contribution in [-0.4, -0.2) is 38.6 Å². The second-order valence-corrected chi connectivity index (χ2v) is 5.71. The van der Waals surface area contributed by atoms with Crippen LogP contribution in [0.5, 0.6) is 0 Å². The van der Waals surface area contributed by atoms with E-state index in [4.69, 9.17) is 11.6 Å². The lowest BCUT2D eigenvalue weighted by molar-refractivity contribution is -0.137. The van der Waals surface area contributed by atoms with Crippen LogP contribution >= 0.6 is 23.4 Å². The number of aromatic nitrogens is 4. The molecule has 0 bridgehead atoms. The highest BCUT2D eigenvalue weighted by Crippen LogP contribution is 2.26. The average molecular weight is 335 g/mol. The summed E-state index contributed by atoms with van der Waals surface area (Å²) in [6.07, 6.45) is 3.14. The Hall–Kier alpha value is -2.12. The lowest BCUT2D eigenvalue weighted by Crippen LogP contribution is -2.03. The highest BCUT2D eigenvalue weighted by molar-refractivity contribution is 8.00. The van der Waals surface area contributed by atoms with Gasteiger partial charge in [0, 0.05) is 5.02 Å². The molecule has 0 fully saturated rings. The highest BCUT2D eigenvalue weighted by Gasteiger charge is 2.13. The van der Waals surface area contributed by atoms with Crippen LogP contribution in [0.2, 0.25) is 5.02 Å². The van der Waals surface area contributed by atoms with E-state index in [-0.39, 0.29) is 11.7 Å². The van der Waals surface area contributed by atoms with E-state index in [1.807, 2.05) is 12.1 Å². The zero-order chi connectivity index (χ0) is 15.5. The molecule has 112 valence electrons. The molecule has 8 heteroatoms. The molecule has 3 rings (SSSR count). The van der Waals surface area contributed by atoms with E-state index < -0.39 is 0 Å². The fourth-order valence-electron chi connectivity index (χ4n) is 1.90. The predicted molar refractivity (Wildman–Crippen MR) is 84.4 cm³/mol. The standard InChI is InChI=1S/C14H11ClN4O2S/c1-21-12(20)7-22-14-11-6-18-19(13(11)16-8-17-14)10-4-2-9(15)3-5-10/h2-6,8H,7H2,1H3. The number of fused-ring (bicyclic) bond motifs is 1. The predicted octanol–water partition coefficient (Wildman–Crippen LogP) is 2.73. The Morgan fingerprint density at radius 3 is 2.82 bits per heavy atom. The molecule has 6 nitrogen and oxygen atoms in total. The summed E-state index contributed by atoms with van der Waals surface area (Å²) in [7, 11) is 1.36. The van der Waals surface area contributed by atoms with Gasteiger partial charge in [0.15, 0.2) is 5.65 Å². The van der Waals surface area contributed by atoms with Crippen molar-refractivity contribution in [1.82, 2.24) is 19.7 Å². The summed E-state index contributed by atoms with van der Waals surface area (Å²) in [5.41, 5.74) is 1.52. The Labute approximate surface area is 135 Å². The first kappa shape index (κ1) is 14.8. The molecule has 0 aliphatic carbocycles. The summed E-state index contributed by atoms with van der Waals surface area (Å²) in [4.78, 5) is 19.7. The maximum absolute atomic E-state index is 11.3. The Kier molecular flexibility index (Phi) is 4.26. The number of hydrogen-bond donors (Lipinski definition) is 0. The fraction of sp³-hybridized carbons (Fsp3) is 0.143. The van der Waals surface area contributed by atoms with Gasteiger partial charge in [-0.15, -0.1) is 0 Å². The van der Waals surface area contributed by atoms with E-state index in [0.29, 0.717) is 15.7 Å². The molecule has 2 aromatic heterocycles. The lowest BCUT2D eigenvalue weighted by atomic mass is 10.3. The largest absolute Gasteiger partial charge is 0.468 e. The van der Waals surface area contributed by atoms with Crippen molar-refractivity contribution in [2.24, 2.45) is 0 Å². The summed E-state index contributed by atoms with van der Waals surface area (Å²) in [6.45, 7) is 0. The monoisotopic (exact) mass is 334 g/mol. The first-order chi connectivity index (χ1) is 10.7. The third-order valence-corrected chi connectivity index (χ3v) is 4.19. The van der Waals surface area contributed by atoms with Crippen LogP contribution in [0.25, 0.3) is 16.7 Å². The molecule has 0 N–H and O–H groups in total. The molecule has 22 heavy (non-hydrogen) atoms. The minimum absolute atomic E-state index is 0.189. The minimum atomic E-state index is -0.304. The molecule has 0 saturated heterocycles. The number of carbonyl (C=O) groups is 1. The van der Waals surface area contributed by atoms with Crippen molar-refractivity contribution in [3.8, 4) is 5.69 Å². The number of ether oxygens (including phenoxy) is 1. The number of halogens is 1. The van der Waals surface area contributed by atoms with Crippen molar-refractivity contribution in [3.05, 3.63) is 41.8 Å². The molecule has 0 aliphatic rings.